The van der Waals surface area contributed by atoms with Gasteiger partial charge in [-0.15, -0.1) is 0 Å². The molecule has 2 rings (SSSR count). The van der Waals surface area contributed by atoms with Crippen LogP contribution in [0.1, 0.15) is 19.8 Å². The number of anilines is 1. The van der Waals surface area contributed by atoms with Gasteiger partial charge in [-0.2, -0.15) is 0 Å². The van der Waals surface area contributed by atoms with E-state index in [4.69, 9.17) is 10.5 Å². The summed E-state index contributed by atoms with van der Waals surface area (Å²) in [5, 5.41) is 0. The number of nitrogens with two attached hydrogens (primary N) is 1. The smallest absolute Gasteiger partial charge is 0.201 e. The lowest BCUT2D eigenvalue weighted by molar-refractivity contribution is 0.419. The van der Waals surface area contributed by atoms with Crippen molar-refractivity contribution in [1.29, 1.82) is 0 Å². The number of unbranched alkanes of at least 4 members (excludes halogenated alkanes) is 1. The molecule has 0 bridgehead atoms. The molecule has 1 heterocycles. The summed E-state index contributed by atoms with van der Waals surface area (Å²) < 4.78 is 7.31. The van der Waals surface area contributed by atoms with E-state index >= 15 is 0 Å². The summed E-state index contributed by atoms with van der Waals surface area (Å²) in [6, 6.07) is 5.89. The molecule has 0 saturated heterocycles. The number of nitrogen functional groups attached to an aromatic ring is 1. The Labute approximate surface area is 95.0 Å². The van der Waals surface area contributed by atoms with E-state index < -0.39 is 0 Å². The molecule has 86 valence electrons. The van der Waals surface area contributed by atoms with Crippen molar-refractivity contribution < 1.29 is 4.74 Å². The maximum absolute atomic E-state index is 5.91. The number of hydrogen-bond acceptors (Lipinski definition) is 3. The maximum atomic E-state index is 5.91. The summed E-state index contributed by atoms with van der Waals surface area (Å²) in [5.74, 6) is 1.34. The van der Waals surface area contributed by atoms with Gasteiger partial charge in [0.1, 0.15) is 11.3 Å². The molecular formula is C12H17N3O. The molecule has 1 aromatic carbocycles. The van der Waals surface area contributed by atoms with Gasteiger partial charge in [0.15, 0.2) is 0 Å². The highest BCUT2D eigenvalue weighted by molar-refractivity contribution is 5.84. The Hall–Kier alpha value is -1.71. The summed E-state index contributed by atoms with van der Waals surface area (Å²) in [6.45, 7) is 3.07. The van der Waals surface area contributed by atoms with E-state index in [9.17, 15) is 0 Å². The van der Waals surface area contributed by atoms with Gasteiger partial charge in [-0.3, -0.25) is 0 Å². The first kappa shape index (κ1) is 10.8. The predicted molar refractivity (Wildman–Crippen MR) is 65.6 cm³/mol. The summed E-state index contributed by atoms with van der Waals surface area (Å²) in [5.41, 5.74) is 7.81. The number of aryl methyl sites for hydroxylation is 1. The van der Waals surface area contributed by atoms with Gasteiger partial charge in [-0.25, -0.2) is 4.98 Å². The molecule has 2 N–H and O–H groups in total. The lowest BCUT2D eigenvalue weighted by Gasteiger charge is -2.05. The van der Waals surface area contributed by atoms with Crippen LogP contribution in [-0.2, 0) is 6.54 Å². The average molecular weight is 219 g/mol. The number of imidazole rings is 1. The molecule has 0 aliphatic carbocycles. The monoisotopic (exact) mass is 219 g/mol. The van der Waals surface area contributed by atoms with Gasteiger partial charge in [0.2, 0.25) is 5.95 Å². The Morgan fingerprint density at radius 1 is 1.44 bits per heavy atom. The number of hydrogen-bond donors (Lipinski definition) is 1. The van der Waals surface area contributed by atoms with Crippen LogP contribution in [0.15, 0.2) is 18.2 Å². The predicted octanol–water partition coefficient (Wildman–Crippen LogP) is 2.43. The molecule has 0 spiro atoms. The van der Waals surface area contributed by atoms with Crippen molar-refractivity contribution in [2.24, 2.45) is 0 Å². The number of aromatic nitrogens is 2. The first-order valence-electron chi connectivity index (χ1n) is 5.56. The Balaban J connectivity index is 2.52. The average Bonchev–Trinajstić information content (AvgIpc) is 2.62. The van der Waals surface area contributed by atoms with Crippen molar-refractivity contribution in [2.75, 3.05) is 12.8 Å². The van der Waals surface area contributed by atoms with E-state index in [1.165, 1.54) is 0 Å². The number of fused-ring (bicyclic) bond motifs is 1. The van der Waals surface area contributed by atoms with E-state index in [1.54, 1.807) is 7.11 Å². The highest BCUT2D eigenvalue weighted by Gasteiger charge is 2.10. The lowest BCUT2D eigenvalue weighted by Crippen LogP contribution is -2.02. The minimum absolute atomic E-state index is 0.563. The lowest BCUT2D eigenvalue weighted by atomic mass is 10.3. The zero-order valence-corrected chi connectivity index (χ0v) is 9.73. The minimum Gasteiger partial charge on any atom is -0.494 e. The number of nitrogens with zero attached hydrogens (tertiary/aromatic N) is 2. The fourth-order valence-electron chi connectivity index (χ4n) is 1.86. The largest absolute Gasteiger partial charge is 0.494 e. The van der Waals surface area contributed by atoms with Crippen molar-refractivity contribution in [3.63, 3.8) is 0 Å². The molecule has 0 saturated carbocycles. The van der Waals surface area contributed by atoms with Crippen LogP contribution < -0.4 is 10.5 Å². The van der Waals surface area contributed by atoms with Crippen LogP contribution in [0.25, 0.3) is 11.0 Å². The highest BCUT2D eigenvalue weighted by Crippen LogP contribution is 2.26. The van der Waals surface area contributed by atoms with E-state index in [2.05, 4.69) is 11.9 Å². The van der Waals surface area contributed by atoms with E-state index in [1.807, 2.05) is 22.8 Å². The first-order valence-corrected chi connectivity index (χ1v) is 5.56. The molecule has 4 nitrogen and oxygen atoms in total. The Bertz CT molecular complexity index is 490. The highest BCUT2D eigenvalue weighted by atomic mass is 16.5. The van der Waals surface area contributed by atoms with Crippen LogP contribution in [0.3, 0.4) is 0 Å². The molecular weight excluding hydrogens is 202 g/mol. The van der Waals surface area contributed by atoms with Gasteiger partial charge in [0.25, 0.3) is 0 Å². The molecule has 0 fully saturated rings. The van der Waals surface area contributed by atoms with Crippen LogP contribution in [0.2, 0.25) is 0 Å². The van der Waals surface area contributed by atoms with Gasteiger partial charge >= 0.3 is 0 Å². The zero-order chi connectivity index (χ0) is 11.5. The second-order valence-corrected chi connectivity index (χ2v) is 3.80. The van der Waals surface area contributed by atoms with Crippen molar-refractivity contribution in [2.45, 2.75) is 26.3 Å². The summed E-state index contributed by atoms with van der Waals surface area (Å²) in [6.07, 6.45) is 2.25. The van der Waals surface area contributed by atoms with Gasteiger partial charge in [-0.05, 0) is 18.6 Å². The standard InChI is InChI=1S/C12H17N3O/c1-3-4-8-15-9-6-5-7-10(16-2)11(9)14-12(15)13/h5-7H,3-4,8H2,1-2H3,(H2,13,14). The van der Waals surface area contributed by atoms with Crippen molar-refractivity contribution in [1.82, 2.24) is 9.55 Å². The Morgan fingerprint density at radius 3 is 2.94 bits per heavy atom. The first-order chi connectivity index (χ1) is 7.77. The number of benzene rings is 1. The van der Waals surface area contributed by atoms with E-state index in [-0.39, 0.29) is 0 Å². The van der Waals surface area contributed by atoms with Crippen molar-refractivity contribution in [3.8, 4) is 5.75 Å². The van der Waals surface area contributed by atoms with Crippen LogP contribution >= 0.6 is 0 Å². The van der Waals surface area contributed by atoms with Crippen LogP contribution in [0.5, 0.6) is 5.75 Å². The van der Waals surface area contributed by atoms with Gasteiger partial charge < -0.3 is 15.0 Å². The molecule has 0 radical (unpaired) electrons. The van der Waals surface area contributed by atoms with E-state index in [0.717, 1.165) is 36.2 Å². The van der Waals surface area contributed by atoms with E-state index in [0.29, 0.717) is 5.95 Å². The number of methoxy groups -OCH3 is 1. The quantitative estimate of drug-likeness (QED) is 0.859. The molecule has 0 unspecified atom stereocenters. The normalized spacial score (nSPS) is 10.9. The summed E-state index contributed by atoms with van der Waals surface area (Å²) in [7, 11) is 1.65. The maximum Gasteiger partial charge on any atom is 0.201 e. The summed E-state index contributed by atoms with van der Waals surface area (Å²) in [4.78, 5) is 4.35. The fraction of sp³-hybridized carbons (Fsp3) is 0.417. The zero-order valence-electron chi connectivity index (χ0n) is 9.73. The minimum atomic E-state index is 0.563. The number of rotatable bonds is 4. The third kappa shape index (κ3) is 1.71. The van der Waals surface area contributed by atoms with Crippen molar-refractivity contribution in [3.05, 3.63) is 18.2 Å². The van der Waals surface area contributed by atoms with Crippen LogP contribution in [0, 0.1) is 0 Å². The van der Waals surface area contributed by atoms with Crippen LogP contribution in [0.4, 0.5) is 5.95 Å². The Morgan fingerprint density at radius 2 is 2.25 bits per heavy atom. The molecule has 1 aromatic heterocycles. The second-order valence-electron chi connectivity index (χ2n) is 3.80. The third-order valence-electron chi connectivity index (χ3n) is 2.73. The molecule has 16 heavy (non-hydrogen) atoms. The SMILES string of the molecule is CCCCn1c(N)nc2c(OC)cccc21. The number of ether oxygens (including phenoxy) is 1. The van der Waals surface area contributed by atoms with Crippen molar-refractivity contribution >= 4 is 17.0 Å². The van der Waals surface area contributed by atoms with Gasteiger partial charge in [0, 0.05) is 6.54 Å². The summed E-state index contributed by atoms with van der Waals surface area (Å²) >= 11 is 0. The van der Waals surface area contributed by atoms with Gasteiger partial charge in [-0.1, -0.05) is 19.4 Å². The van der Waals surface area contributed by atoms with Crippen LogP contribution in [-0.4, -0.2) is 16.7 Å². The molecule has 0 aliphatic rings. The molecule has 0 atom stereocenters. The molecule has 2 aromatic rings. The Kier molecular flexibility index (Phi) is 2.99. The third-order valence-corrected chi connectivity index (χ3v) is 2.73. The molecule has 0 amide bonds. The second kappa shape index (κ2) is 4.43. The fourth-order valence-corrected chi connectivity index (χ4v) is 1.86. The topological polar surface area (TPSA) is 53.1 Å². The van der Waals surface area contributed by atoms with Gasteiger partial charge in [0.05, 0.1) is 12.6 Å². The number of para-hydroxylation sites is 1. The molecule has 0 aliphatic heterocycles. The molecule has 4 heteroatoms.